The Hall–Kier alpha value is -2.12. The third-order valence-corrected chi connectivity index (χ3v) is 3.95. The molecule has 1 saturated heterocycles. The number of carbonyl (C=O) groups is 2. The van der Waals surface area contributed by atoms with Gasteiger partial charge in [0.15, 0.2) is 0 Å². The lowest BCUT2D eigenvalue weighted by atomic mass is 10.2. The number of amides is 3. The summed E-state index contributed by atoms with van der Waals surface area (Å²) in [6.07, 6.45) is 0.931. The standard InChI is InChI=1S/C18H29N5O2/c1-14(2)21-18(25)22-16-6-3-5-15(13-16)17(24)20-7-4-10-23-11-8-19-9-12-23/h3,5-6,13-14,19H,4,7-12H2,1-2H3,(H,20,24)(H2,21,22,25). The molecule has 1 aromatic carbocycles. The van der Waals surface area contributed by atoms with Crippen LogP contribution >= 0.6 is 0 Å². The molecule has 4 N–H and O–H groups in total. The molecule has 1 heterocycles. The summed E-state index contributed by atoms with van der Waals surface area (Å²) in [5, 5.41) is 11.8. The van der Waals surface area contributed by atoms with Crippen molar-refractivity contribution in [2.24, 2.45) is 0 Å². The molecule has 2 rings (SSSR count). The highest BCUT2D eigenvalue weighted by molar-refractivity contribution is 5.96. The lowest BCUT2D eigenvalue weighted by Crippen LogP contribution is -2.44. The molecule has 0 aromatic heterocycles. The molecule has 0 radical (unpaired) electrons. The summed E-state index contributed by atoms with van der Waals surface area (Å²) in [5.41, 5.74) is 1.15. The van der Waals surface area contributed by atoms with E-state index in [0.717, 1.165) is 39.1 Å². The summed E-state index contributed by atoms with van der Waals surface area (Å²) in [6, 6.07) is 6.75. The van der Waals surface area contributed by atoms with Gasteiger partial charge in [0, 0.05) is 50.0 Å². The largest absolute Gasteiger partial charge is 0.352 e. The number of piperazine rings is 1. The molecule has 1 fully saturated rings. The second-order valence-electron chi connectivity index (χ2n) is 6.54. The minimum atomic E-state index is -0.274. The van der Waals surface area contributed by atoms with Gasteiger partial charge in [-0.05, 0) is 45.0 Å². The van der Waals surface area contributed by atoms with Gasteiger partial charge in [-0.25, -0.2) is 4.79 Å². The first-order chi connectivity index (χ1) is 12.0. The Balaban J connectivity index is 1.75. The Labute approximate surface area is 149 Å². The number of benzene rings is 1. The smallest absolute Gasteiger partial charge is 0.319 e. The highest BCUT2D eigenvalue weighted by atomic mass is 16.2. The highest BCUT2D eigenvalue weighted by Crippen LogP contribution is 2.10. The van der Waals surface area contributed by atoms with Gasteiger partial charge in [0.1, 0.15) is 0 Å². The minimum Gasteiger partial charge on any atom is -0.352 e. The number of hydrogen-bond acceptors (Lipinski definition) is 4. The molecule has 0 spiro atoms. The normalized spacial score (nSPS) is 15.0. The first-order valence-electron chi connectivity index (χ1n) is 8.93. The second kappa shape index (κ2) is 10.0. The van der Waals surface area contributed by atoms with Crippen LogP contribution in [0, 0.1) is 0 Å². The molecule has 7 nitrogen and oxygen atoms in total. The van der Waals surface area contributed by atoms with Gasteiger partial charge < -0.3 is 26.2 Å². The molecule has 25 heavy (non-hydrogen) atoms. The first kappa shape index (κ1) is 19.2. The third-order valence-electron chi connectivity index (χ3n) is 3.95. The molecule has 7 heteroatoms. The zero-order chi connectivity index (χ0) is 18.1. The van der Waals surface area contributed by atoms with Crippen LogP contribution < -0.4 is 21.3 Å². The van der Waals surface area contributed by atoms with Crippen LogP contribution in [-0.2, 0) is 0 Å². The number of nitrogens with zero attached hydrogens (tertiary/aromatic N) is 1. The summed E-state index contributed by atoms with van der Waals surface area (Å²) in [5.74, 6) is -0.117. The van der Waals surface area contributed by atoms with Crippen LogP contribution in [0.5, 0.6) is 0 Å². The maximum absolute atomic E-state index is 12.2. The molecular formula is C18H29N5O2. The van der Waals surface area contributed by atoms with Crippen molar-refractivity contribution in [2.45, 2.75) is 26.3 Å². The van der Waals surface area contributed by atoms with Gasteiger partial charge in [-0.15, -0.1) is 0 Å². The Kier molecular flexibility index (Phi) is 7.69. The van der Waals surface area contributed by atoms with Crippen molar-refractivity contribution in [3.05, 3.63) is 29.8 Å². The second-order valence-corrected chi connectivity index (χ2v) is 6.54. The van der Waals surface area contributed by atoms with E-state index in [-0.39, 0.29) is 18.0 Å². The minimum absolute atomic E-state index is 0.0576. The SMILES string of the molecule is CC(C)NC(=O)Nc1cccc(C(=O)NCCCN2CCNCC2)c1. The van der Waals surface area contributed by atoms with Gasteiger partial charge in [0.05, 0.1) is 0 Å². The molecule has 0 unspecified atom stereocenters. The lowest BCUT2D eigenvalue weighted by molar-refractivity contribution is 0.0951. The fourth-order valence-electron chi connectivity index (χ4n) is 2.71. The average Bonchev–Trinajstić information content (AvgIpc) is 2.59. The van der Waals surface area contributed by atoms with Crippen LogP contribution in [0.1, 0.15) is 30.6 Å². The van der Waals surface area contributed by atoms with Crippen LogP contribution in [0.4, 0.5) is 10.5 Å². The summed E-state index contributed by atoms with van der Waals surface area (Å²) in [6.45, 7) is 9.65. The highest BCUT2D eigenvalue weighted by Gasteiger charge is 2.10. The van der Waals surface area contributed by atoms with Gasteiger partial charge in [-0.3, -0.25) is 4.79 Å². The Morgan fingerprint density at radius 3 is 2.72 bits per heavy atom. The van der Waals surface area contributed by atoms with E-state index >= 15 is 0 Å². The number of hydrogen-bond donors (Lipinski definition) is 4. The number of nitrogens with one attached hydrogen (secondary N) is 4. The van der Waals surface area contributed by atoms with E-state index in [1.165, 1.54) is 0 Å². The zero-order valence-corrected chi connectivity index (χ0v) is 15.1. The summed E-state index contributed by atoms with van der Waals surface area (Å²) in [7, 11) is 0. The molecule has 1 aliphatic heterocycles. The van der Waals surface area contributed by atoms with E-state index < -0.39 is 0 Å². The number of anilines is 1. The van der Waals surface area contributed by atoms with Crippen molar-refractivity contribution >= 4 is 17.6 Å². The molecular weight excluding hydrogens is 318 g/mol. The van der Waals surface area contributed by atoms with E-state index in [1.54, 1.807) is 24.3 Å². The summed E-state index contributed by atoms with van der Waals surface area (Å²) < 4.78 is 0. The van der Waals surface area contributed by atoms with Gasteiger partial charge in [-0.2, -0.15) is 0 Å². The van der Waals surface area contributed by atoms with E-state index in [0.29, 0.717) is 17.8 Å². The van der Waals surface area contributed by atoms with Crippen LogP contribution in [0.25, 0.3) is 0 Å². The average molecular weight is 347 g/mol. The van der Waals surface area contributed by atoms with Gasteiger partial charge in [0.2, 0.25) is 0 Å². The lowest BCUT2D eigenvalue weighted by Gasteiger charge is -2.27. The predicted molar refractivity (Wildman–Crippen MR) is 100.0 cm³/mol. The molecule has 1 aliphatic rings. The van der Waals surface area contributed by atoms with Crippen molar-refractivity contribution in [3.8, 4) is 0 Å². The van der Waals surface area contributed by atoms with Gasteiger partial charge >= 0.3 is 6.03 Å². The van der Waals surface area contributed by atoms with Crippen LogP contribution in [0.15, 0.2) is 24.3 Å². The fraction of sp³-hybridized carbons (Fsp3) is 0.556. The van der Waals surface area contributed by atoms with Crippen LogP contribution in [-0.4, -0.2) is 62.1 Å². The van der Waals surface area contributed by atoms with Crippen molar-refractivity contribution in [3.63, 3.8) is 0 Å². The Morgan fingerprint density at radius 2 is 2.00 bits per heavy atom. The third kappa shape index (κ3) is 7.11. The van der Waals surface area contributed by atoms with Crippen molar-refractivity contribution in [1.82, 2.24) is 20.9 Å². The van der Waals surface area contributed by atoms with Crippen LogP contribution in [0.2, 0.25) is 0 Å². The number of carbonyl (C=O) groups excluding carboxylic acids is 2. The van der Waals surface area contributed by atoms with E-state index in [2.05, 4.69) is 26.2 Å². The number of rotatable bonds is 7. The molecule has 0 aliphatic carbocycles. The fourth-order valence-corrected chi connectivity index (χ4v) is 2.71. The summed E-state index contributed by atoms with van der Waals surface area (Å²) in [4.78, 5) is 26.4. The van der Waals surface area contributed by atoms with E-state index in [9.17, 15) is 9.59 Å². The Morgan fingerprint density at radius 1 is 1.24 bits per heavy atom. The monoisotopic (exact) mass is 347 g/mol. The maximum atomic E-state index is 12.2. The predicted octanol–water partition coefficient (Wildman–Crippen LogP) is 1.24. The first-order valence-corrected chi connectivity index (χ1v) is 8.93. The van der Waals surface area contributed by atoms with E-state index in [4.69, 9.17) is 0 Å². The van der Waals surface area contributed by atoms with Crippen molar-refractivity contribution in [2.75, 3.05) is 44.6 Å². The molecule has 0 atom stereocenters. The zero-order valence-electron chi connectivity index (χ0n) is 15.1. The molecule has 0 saturated carbocycles. The maximum Gasteiger partial charge on any atom is 0.319 e. The van der Waals surface area contributed by atoms with Crippen molar-refractivity contribution < 1.29 is 9.59 Å². The molecule has 1 aromatic rings. The van der Waals surface area contributed by atoms with Crippen molar-refractivity contribution in [1.29, 1.82) is 0 Å². The molecule has 0 bridgehead atoms. The van der Waals surface area contributed by atoms with Crippen LogP contribution in [0.3, 0.4) is 0 Å². The molecule has 3 amide bonds. The quantitative estimate of drug-likeness (QED) is 0.559. The van der Waals surface area contributed by atoms with Gasteiger partial charge in [-0.1, -0.05) is 6.07 Å². The van der Waals surface area contributed by atoms with E-state index in [1.807, 2.05) is 13.8 Å². The molecule has 138 valence electrons. The summed E-state index contributed by atoms with van der Waals surface area (Å²) >= 11 is 0. The number of urea groups is 1. The van der Waals surface area contributed by atoms with Gasteiger partial charge in [0.25, 0.3) is 5.91 Å². The topological polar surface area (TPSA) is 85.5 Å². The Bertz CT molecular complexity index is 570.